The van der Waals surface area contributed by atoms with Crippen molar-refractivity contribution >= 4 is 77.1 Å². The Morgan fingerprint density at radius 1 is 0.500 bits per heavy atom. The average Bonchev–Trinajstić information content (AvgIpc) is 3.08. The second kappa shape index (κ2) is 5.09. The van der Waals surface area contributed by atoms with Crippen LogP contribution in [0.1, 0.15) is 0 Å². The normalized spacial score (nSPS) is 12.0. The number of hydrogen-bond donors (Lipinski definition) is 0. The Morgan fingerprint density at radius 3 is 1.69 bits per heavy atom. The summed E-state index contributed by atoms with van der Waals surface area (Å²) in [7, 11) is 2.23. The van der Waals surface area contributed by atoms with E-state index in [9.17, 15) is 0 Å². The molecule has 6 aromatic rings. The summed E-state index contributed by atoms with van der Waals surface area (Å²) in [5.41, 5.74) is 1.35. The van der Waals surface area contributed by atoms with Gasteiger partial charge < -0.3 is 0 Å². The lowest BCUT2D eigenvalue weighted by molar-refractivity contribution is 1.81. The van der Waals surface area contributed by atoms with Crippen LogP contribution in [-0.4, -0.2) is 7.85 Å². The number of thiophene rings is 1. The van der Waals surface area contributed by atoms with Gasteiger partial charge in [0.05, 0.1) is 0 Å². The molecular weight excluding hydrogens is 331 g/mol. The maximum absolute atomic E-state index is 2.39. The first-order valence-electron chi connectivity index (χ1n) is 8.97. The number of rotatable bonds is 0. The van der Waals surface area contributed by atoms with Gasteiger partial charge in [0, 0.05) is 25.6 Å². The fraction of sp³-hybridized carbons (Fsp3) is 0. The van der Waals surface area contributed by atoms with Crippen LogP contribution in [0.2, 0.25) is 0 Å². The maximum Gasteiger partial charge on any atom is 0.140 e. The molecule has 26 heavy (non-hydrogen) atoms. The Morgan fingerprint density at radius 2 is 1.00 bits per heavy atom. The molecule has 0 amide bonds. The molecule has 120 valence electrons. The van der Waals surface area contributed by atoms with Crippen LogP contribution in [0, 0.1) is 0 Å². The van der Waals surface area contributed by atoms with Crippen LogP contribution in [0.15, 0.2) is 78.9 Å². The highest BCUT2D eigenvalue weighted by atomic mass is 32.1. The first-order chi connectivity index (χ1) is 12.8. The molecule has 5 aromatic carbocycles. The van der Waals surface area contributed by atoms with Gasteiger partial charge in [-0.25, -0.2) is 0 Å². The van der Waals surface area contributed by atoms with Gasteiger partial charge in [0.1, 0.15) is 7.85 Å². The Balaban J connectivity index is 2.02. The molecule has 0 saturated heterocycles. The zero-order valence-electron chi connectivity index (χ0n) is 14.4. The summed E-state index contributed by atoms with van der Waals surface area (Å²) in [6.07, 6.45) is 0. The second-order valence-corrected chi connectivity index (χ2v) is 8.03. The molecule has 1 aromatic heterocycles. The lowest BCUT2D eigenvalue weighted by Gasteiger charge is -2.07. The lowest BCUT2D eigenvalue weighted by Crippen LogP contribution is -2.02. The lowest BCUT2D eigenvalue weighted by atomic mass is 9.87. The standard InChI is InChI=1S/C24H15BS/c25-21-13-20-22-17-10-4-1-7-14(17)15-8-2-5-11-18(15)24(22)26-23(20)19-12-6-3-9-16(19)21/h1-13H,25H2. The minimum Gasteiger partial charge on any atom is -0.134 e. The van der Waals surface area contributed by atoms with E-state index in [1.165, 1.54) is 58.0 Å². The number of hydrogen-bond acceptors (Lipinski definition) is 1. The molecule has 0 aliphatic carbocycles. The van der Waals surface area contributed by atoms with Crippen LogP contribution in [0.5, 0.6) is 0 Å². The van der Waals surface area contributed by atoms with Gasteiger partial charge in [-0.3, -0.25) is 0 Å². The third kappa shape index (κ3) is 1.75. The van der Waals surface area contributed by atoms with Gasteiger partial charge in [0.25, 0.3) is 0 Å². The van der Waals surface area contributed by atoms with E-state index in [4.69, 9.17) is 0 Å². The van der Waals surface area contributed by atoms with E-state index < -0.39 is 0 Å². The van der Waals surface area contributed by atoms with Crippen molar-refractivity contribution in [3.8, 4) is 0 Å². The van der Waals surface area contributed by atoms with Gasteiger partial charge in [-0.05, 0) is 26.9 Å². The smallest absolute Gasteiger partial charge is 0.134 e. The minimum atomic E-state index is 1.35. The zero-order chi connectivity index (χ0) is 17.3. The second-order valence-electron chi connectivity index (χ2n) is 7.01. The summed E-state index contributed by atoms with van der Waals surface area (Å²) in [5, 5.41) is 11.0. The monoisotopic (exact) mass is 346 g/mol. The molecule has 2 heteroatoms. The first-order valence-corrected chi connectivity index (χ1v) is 9.78. The van der Waals surface area contributed by atoms with Crippen molar-refractivity contribution in [1.82, 2.24) is 0 Å². The van der Waals surface area contributed by atoms with E-state index in [2.05, 4.69) is 86.7 Å². The van der Waals surface area contributed by atoms with Gasteiger partial charge in [-0.15, -0.1) is 11.3 Å². The molecule has 0 N–H and O–H groups in total. The minimum absolute atomic E-state index is 1.35. The highest BCUT2D eigenvalue weighted by Gasteiger charge is 2.15. The third-order valence-corrected chi connectivity index (χ3v) is 6.83. The number of benzene rings is 5. The first kappa shape index (κ1) is 14.3. The fourth-order valence-electron chi connectivity index (χ4n) is 4.41. The average molecular weight is 346 g/mol. The Hall–Kier alpha value is -2.84. The summed E-state index contributed by atoms with van der Waals surface area (Å²) < 4.78 is 2.81. The summed E-state index contributed by atoms with van der Waals surface area (Å²) >= 11 is 1.94. The summed E-state index contributed by atoms with van der Waals surface area (Å²) in [6, 6.07) is 28.9. The van der Waals surface area contributed by atoms with Gasteiger partial charge in [-0.2, -0.15) is 0 Å². The molecule has 0 bridgehead atoms. The SMILES string of the molecule is Bc1cc2c(sc3c4ccccc4c4ccccc4c23)c2ccccc12. The van der Waals surface area contributed by atoms with Crippen LogP contribution < -0.4 is 5.46 Å². The van der Waals surface area contributed by atoms with Crippen LogP contribution >= 0.6 is 11.3 Å². The van der Waals surface area contributed by atoms with Crippen LogP contribution in [0.4, 0.5) is 0 Å². The molecule has 0 spiro atoms. The van der Waals surface area contributed by atoms with Gasteiger partial charge in [0.2, 0.25) is 0 Å². The molecule has 1 heterocycles. The largest absolute Gasteiger partial charge is 0.140 e. The van der Waals surface area contributed by atoms with E-state index in [1.54, 1.807) is 0 Å². The molecule has 0 fully saturated rings. The van der Waals surface area contributed by atoms with Gasteiger partial charge in [-0.1, -0.05) is 84.3 Å². The summed E-state index contributed by atoms with van der Waals surface area (Å²) in [6.45, 7) is 0. The van der Waals surface area contributed by atoms with Crippen molar-refractivity contribution in [3.05, 3.63) is 78.9 Å². The molecule has 0 unspecified atom stereocenters. The van der Waals surface area contributed by atoms with Gasteiger partial charge in [0.15, 0.2) is 0 Å². The zero-order valence-corrected chi connectivity index (χ0v) is 15.2. The van der Waals surface area contributed by atoms with Crippen LogP contribution in [-0.2, 0) is 0 Å². The van der Waals surface area contributed by atoms with Crippen molar-refractivity contribution in [2.75, 3.05) is 0 Å². The molecule has 6 rings (SSSR count). The maximum atomic E-state index is 2.39. The molecule has 0 aliphatic rings. The van der Waals surface area contributed by atoms with Crippen molar-refractivity contribution in [2.45, 2.75) is 0 Å². The van der Waals surface area contributed by atoms with Crippen molar-refractivity contribution < 1.29 is 0 Å². The highest BCUT2D eigenvalue weighted by Crippen LogP contribution is 2.45. The van der Waals surface area contributed by atoms with E-state index in [0.717, 1.165) is 0 Å². The molecular formula is C24H15BS. The number of fused-ring (bicyclic) bond motifs is 10. The van der Waals surface area contributed by atoms with Gasteiger partial charge >= 0.3 is 0 Å². The third-order valence-electron chi connectivity index (χ3n) is 5.56. The quantitative estimate of drug-likeness (QED) is 0.242. The molecule has 0 atom stereocenters. The molecule has 0 saturated carbocycles. The summed E-state index contributed by atoms with van der Waals surface area (Å²) in [5.74, 6) is 0. The topological polar surface area (TPSA) is 0 Å². The van der Waals surface area contributed by atoms with Crippen molar-refractivity contribution in [2.24, 2.45) is 0 Å². The predicted octanol–water partition coefficient (Wildman–Crippen LogP) is 5.77. The molecule has 0 aliphatic heterocycles. The molecule has 0 nitrogen and oxygen atoms in total. The van der Waals surface area contributed by atoms with Crippen LogP contribution in [0.25, 0.3) is 52.5 Å². The van der Waals surface area contributed by atoms with E-state index in [-0.39, 0.29) is 0 Å². The van der Waals surface area contributed by atoms with E-state index in [0.29, 0.717) is 0 Å². The van der Waals surface area contributed by atoms with Crippen molar-refractivity contribution in [3.63, 3.8) is 0 Å². The van der Waals surface area contributed by atoms with E-state index >= 15 is 0 Å². The fourth-order valence-corrected chi connectivity index (χ4v) is 5.78. The van der Waals surface area contributed by atoms with E-state index in [1.807, 2.05) is 11.3 Å². The highest BCUT2D eigenvalue weighted by molar-refractivity contribution is 7.27. The summed E-state index contributed by atoms with van der Waals surface area (Å²) in [4.78, 5) is 0. The Kier molecular flexibility index (Phi) is 2.81. The molecule has 0 radical (unpaired) electrons. The Labute approximate surface area is 156 Å². The Bertz CT molecular complexity index is 1490. The predicted molar refractivity (Wildman–Crippen MR) is 120 cm³/mol. The van der Waals surface area contributed by atoms with Crippen LogP contribution in [0.3, 0.4) is 0 Å². The van der Waals surface area contributed by atoms with Crippen molar-refractivity contribution in [1.29, 1.82) is 0 Å².